The molecule has 0 bridgehead atoms. The Morgan fingerprint density at radius 2 is 1.75 bits per heavy atom. The molecule has 0 aliphatic rings. The van der Waals surface area contributed by atoms with E-state index in [0.717, 1.165) is 5.56 Å². The summed E-state index contributed by atoms with van der Waals surface area (Å²) in [6.45, 7) is 0.0803. The van der Waals surface area contributed by atoms with Gasteiger partial charge in [-0.25, -0.2) is 9.79 Å². The Morgan fingerprint density at radius 1 is 1.00 bits per heavy atom. The van der Waals surface area contributed by atoms with Gasteiger partial charge in [0.1, 0.15) is 5.75 Å². The molecular weight excluding hydrogens is 462 g/mol. The highest BCUT2D eigenvalue weighted by molar-refractivity contribution is 6.22. The van der Waals surface area contributed by atoms with Gasteiger partial charge in [-0.15, -0.1) is 0 Å². The van der Waals surface area contributed by atoms with Gasteiger partial charge < -0.3 is 29.6 Å². The number of rotatable bonds is 7. The van der Waals surface area contributed by atoms with Crippen LogP contribution in [-0.2, 0) is 4.74 Å². The third-order valence-corrected chi connectivity index (χ3v) is 5.52. The fourth-order valence-electron chi connectivity index (χ4n) is 3.77. The Labute approximate surface area is 207 Å². The summed E-state index contributed by atoms with van der Waals surface area (Å²) >= 11 is 0. The molecule has 1 aromatic heterocycles. The summed E-state index contributed by atoms with van der Waals surface area (Å²) in [5.41, 5.74) is 3.15. The van der Waals surface area contributed by atoms with E-state index in [2.05, 4.69) is 9.72 Å². The second kappa shape index (κ2) is 10.7. The first kappa shape index (κ1) is 24.5. The smallest absolute Gasteiger partial charge is 0.494 e. The highest BCUT2D eigenvalue weighted by atomic mass is 16.7. The number of hydrogen-bond donors (Lipinski definition) is 3. The molecule has 36 heavy (non-hydrogen) atoms. The molecule has 184 valence electrons. The number of carbonyl (C=O) groups is 2. The van der Waals surface area contributed by atoms with E-state index in [1.807, 2.05) is 30.3 Å². The lowest BCUT2D eigenvalue weighted by Crippen LogP contribution is -2.29. The third kappa shape index (κ3) is 5.21. The topological polar surface area (TPSA) is 124 Å². The van der Waals surface area contributed by atoms with Crippen molar-refractivity contribution in [2.75, 3.05) is 27.3 Å². The summed E-state index contributed by atoms with van der Waals surface area (Å²) in [7, 11) is 2.83. The van der Waals surface area contributed by atoms with Crippen molar-refractivity contribution in [3.05, 3.63) is 89.5 Å². The van der Waals surface area contributed by atoms with E-state index in [1.54, 1.807) is 49.5 Å². The van der Waals surface area contributed by atoms with Gasteiger partial charge in [-0.05, 0) is 30.3 Å². The highest BCUT2D eigenvalue weighted by Crippen LogP contribution is 2.33. The van der Waals surface area contributed by atoms with E-state index in [-0.39, 0.29) is 30.7 Å². The molecule has 0 aliphatic heterocycles. The highest BCUT2D eigenvalue weighted by Gasteiger charge is 2.20. The molecule has 4 rings (SSSR count). The van der Waals surface area contributed by atoms with Crippen LogP contribution in [0.5, 0.6) is 11.6 Å². The fraction of sp³-hybridized carbons (Fsp3) is 0.148. The number of aliphatic hydroxyl groups excluding tert-OH is 1. The van der Waals surface area contributed by atoms with Crippen LogP contribution in [0.15, 0.2) is 77.8 Å². The van der Waals surface area contributed by atoms with Crippen molar-refractivity contribution in [2.24, 2.45) is 4.99 Å². The summed E-state index contributed by atoms with van der Waals surface area (Å²) in [6.07, 6.45) is -0.851. The summed E-state index contributed by atoms with van der Waals surface area (Å²) in [5.74, 6) is -0.105. The second-order valence-corrected chi connectivity index (χ2v) is 7.94. The summed E-state index contributed by atoms with van der Waals surface area (Å²) < 4.78 is 9.62. The van der Waals surface area contributed by atoms with E-state index in [9.17, 15) is 14.7 Å². The number of aliphatic imine (C=N–C) groups is 1. The summed E-state index contributed by atoms with van der Waals surface area (Å²) in [4.78, 5) is 33.4. The average molecular weight is 488 g/mol. The molecule has 0 saturated heterocycles. The molecule has 0 saturated carbocycles. The first-order chi connectivity index (χ1) is 17.4. The maximum atomic E-state index is 12.7. The minimum atomic E-state index is -0.851. The number of nitrogens with one attached hydrogen (secondary N) is 1. The zero-order chi connectivity index (χ0) is 25.7. The van der Waals surface area contributed by atoms with Crippen LogP contribution in [0.25, 0.3) is 10.9 Å². The van der Waals surface area contributed by atoms with E-state index in [0.29, 0.717) is 33.4 Å². The molecule has 0 radical (unpaired) electrons. The predicted molar refractivity (Wildman–Crippen MR) is 135 cm³/mol. The molecule has 0 atom stereocenters. The Morgan fingerprint density at radius 3 is 2.47 bits per heavy atom. The number of aromatic nitrogens is 1. The molecule has 0 unspecified atom stereocenters. The van der Waals surface area contributed by atoms with Crippen LogP contribution in [0.3, 0.4) is 0 Å². The van der Waals surface area contributed by atoms with Crippen LogP contribution in [0.4, 0.5) is 10.5 Å². The number of methoxy groups -OCH3 is 1. The lowest BCUT2D eigenvalue weighted by molar-refractivity contribution is 0.0767. The Bertz CT molecular complexity index is 1430. The van der Waals surface area contributed by atoms with Crippen LogP contribution in [0.1, 0.15) is 21.5 Å². The number of H-pyrrole nitrogens is 1. The Balaban J connectivity index is 1.82. The fourth-order valence-corrected chi connectivity index (χ4v) is 3.77. The zero-order valence-corrected chi connectivity index (χ0v) is 19.8. The van der Waals surface area contributed by atoms with Crippen molar-refractivity contribution >= 4 is 34.4 Å². The van der Waals surface area contributed by atoms with E-state index in [4.69, 9.17) is 14.8 Å². The average Bonchev–Trinajstić information content (AvgIpc) is 3.22. The minimum Gasteiger partial charge on any atom is -0.494 e. The van der Waals surface area contributed by atoms with E-state index < -0.39 is 6.16 Å². The van der Waals surface area contributed by atoms with Crippen LogP contribution in [0.2, 0.25) is 0 Å². The SMILES string of the molecule is COC(=O)Oc1ccc2c(C(=Nc3cccc(C(=O)N(C)CCO)c3)c3ccccc3)c(O)[nH]c2c1. The zero-order valence-electron chi connectivity index (χ0n) is 19.8. The van der Waals surface area contributed by atoms with Crippen molar-refractivity contribution in [3.8, 4) is 11.6 Å². The maximum Gasteiger partial charge on any atom is 0.513 e. The lowest BCUT2D eigenvalue weighted by atomic mass is 10.0. The summed E-state index contributed by atoms with van der Waals surface area (Å²) in [5, 5.41) is 20.7. The second-order valence-electron chi connectivity index (χ2n) is 7.94. The molecular formula is C27H25N3O6. The van der Waals surface area contributed by atoms with Gasteiger partial charge in [-0.2, -0.15) is 0 Å². The largest absolute Gasteiger partial charge is 0.513 e. The predicted octanol–water partition coefficient (Wildman–Crippen LogP) is 4.25. The van der Waals surface area contributed by atoms with Crippen LogP contribution in [0, 0.1) is 0 Å². The summed E-state index contributed by atoms with van der Waals surface area (Å²) in [6, 6.07) is 21.1. The van der Waals surface area contributed by atoms with Crippen LogP contribution in [-0.4, -0.2) is 65.2 Å². The van der Waals surface area contributed by atoms with E-state index >= 15 is 0 Å². The first-order valence-corrected chi connectivity index (χ1v) is 11.1. The number of nitrogens with zero attached hydrogens (tertiary/aromatic N) is 2. The number of fused-ring (bicyclic) bond motifs is 1. The number of aromatic amines is 1. The molecule has 9 nitrogen and oxygen atoms in total. The molecule has 1 amide bonds. The van der Waals surface area contributed by atoms with Gasteiger partial charge in [-0.3, -0.25) is 4.79 Å². The molecule has 1 heterocycles. The lowest BCUT2D eigenvalue weighted by Gasteiger charge is -2.15. The molecule has 9 heteroatoms. The minimum absolute atomic E-state index is 0.113. The number of carbonyl (C=O) groups excluding carboxylic acids is 2. The van der Waals surface area contributed by atoms with Gasteiger partial charge in [-0.1, -0.05) is 36.4 Å². The number of hydrogen-bond acceptors (Lipinski definition) is 7. The van der Waals surface area contributed by atoms with Crippen molar-refractivity contribution in [1.82, 2.24) is 9.88 Å². The van der Waals surface area contributed by atoms with Crippen LogP contribution >= 0.6 is 0 Å². The number of aromatic hydroxyl groups is 1. The van der Waals surface area contributed by atoms with Crippen molar-refractivity contribution in [2.45, 2.75) is 0 Å². The standard InChI is InChI=1S/C27H25N3O6/c1-30(13-14-31)26(33)18-9-6-10-19(15-18)28-24(17-7-4-3-5-8-17)23-21-12-11-20(36-27(34)35-2)16-22(21)29-25(23)32/h3-12,15-16,29,31-32H,13-14H2,1-2H3. The van der Waals surface area contributed by atoms with Gasteiger partial charge in [0.2, 0.25) is 0 Å². The maximum absolute atomic E-state index is 12.7. The van der Waals surface area contributed by atoms with Gasteiger partial charge in [0, 0.05) is 36.2 Å². The van der Waals surface area contributed by atoms with Crippen molar-refractivity contribution in [3.63, 3.8) is 0 Å². The molecule has 0 aliphatic carbocycles. The van der Waals surface area contributed by atoms with Gasteiger partial charge in [0.15, 0.2) is 5.88 Å². The van der Waals surface area contributed by atoms with Gasteiger partial charge in [0.25, 0.3) is 5.91 Å². The molecule has 3 N–H and O–H groups in total. The first-order valence-electron chi connectivity index (χ1n) is 11.1. The Hall–Kier alpha value is -4.63. The number of ether oxygens (including phenoxy) is 2. The quantitative estimate of drug-likeness (QED) is 0.203. The van der Waals surface area contributed by atoms with E-state index in [1.165, 1.54) is 12.0 Å². The molecule has 0 fully saturated rings. The normalized spacial score (nSPS) is 11.4. The molecule has 4 aromatic rings. The number of benzene rings is 3. The number of likely N-dealkylation sites (N-methyl/N-ethyl adjacent to an activating group) is 1. The number of aliphatic hydroxyl groups is 1. The third-order valence-electron chi connectivity index (χ3n) is 5.52. The van der Waals surface area contributed by atoms with Crippen molar-refractivity contribution in [1.29, 1.82) is 0 Å². The van der Waals surface area contributed by atoms with Crippen LogP contribution < -0.4 is 4.74 Å². The molecule has 0 spiro atoms. The van der Waals surface area contributed by atoms with Gasteiger partial charge in [0.05, 0.1) is 36.2 Å². The monoisotopic (exact) mass is 487 g/mol. The van der Waals surface area contributed by atoms with Gasteiger partial charge >= 0.3 is 6.16 Å². The molecule has 3 aromatic carbocycles. The Kier molecular flexibility index (Phi) is 7.31. The number of amides is 1. The van der Waals surface area contributed by atoms with Crippen molar-refractivity contribution < 1.29 is 29.3 Å².